The number of halogens is 1. The fourth-order valence-corrected chi connectivity index (χ4v) is 2.30. The molecule has 17 heavy (non-hydrogen) atoms. The fourth-order valence-electron chi connectivity index (χ4n) is 1.86. The molecule has 0 bridgehead atoms. The predicted octanol–water partition coefficient (Wildman–Crippen LogP) is 2.43. The van der Waals surface area contributed by atoms with Gasteiger partial charge in [-0.15, -0.1) is 12.4 Å². The Labute approximate surface area is 116 Å². The predicted molar refractivity (Wildman–Crippen MR) is 79.9 cm³/mol. The Morgan fingerprint density at radius 1 is 1.47 bits per heavy atom. The Balaban J connectivity index is 0. The molecule has 0 spiro atoms. The first-order chi connectivity index (χ1) is 7.43. The van der Waals surface area contributed by atoms with Crippen LogP contribution in [-0.4, -0.2) is 30.0 Å². The van der Waals surface area contributed by atoms with Crippen LogP contribution in [-0.2, 0) is 4.79 Å². The van der Waals surface area contributed by atoms with Crippen LogP contribution >= 0.6 is 24.2 Å². The Kier molecular flexibility index (Phi) is 11.5. The minimum absolute atomic E-state index is 0. The fraction of sp³-hybridized carbons (Fsp3) is 0.917. The zero-order valence-electron chi connectivity index (χ0n) is 11.4. The van der Waals surface area contributed by atoms with Gasteiger partial charge in [0.05, 0.1) is 0 Å². The normalized spacial score (nSPS) is 14.0. The maximum atomic E-state index is 11.7. The van der Waals surface area contributed by atoms with Crippen molar-refractivity contribution in [3.05, 3.63) is 0 Å². The molecule has 0 heterocycles. The van der Waals surface area contributed by atoms with Crippen molar-refractivity contribution in [2.24, 2.45) is 11.7 Å². The smallest absolute Gasteiger partial charge is 0.220 e. The molecule has 0 aromatic heterocycles. The molecular weight excluding hydrogens is 256 g/mol. The number of hydrogen-bond donors (Lipinski definition) is 2. The van der Waals surface area contributed by atoms with E-state index in [-0.39, 0.29) is 23.9 Å². The summed E-state index contributed by atoms with van der Waals surface area (Å²) in [4.78, 5) is 11.7. The lowest BCUT2D eigenvalue weighted by atomic mass is 9.90. The van der Waals surface area contributed by atoms with Gasteiger partial charge in [0.1, 0.15) is 0 Å². The molecule has 0 aromatic rings. The molecule has 0 aliphatic heterocycles. The van der Waals surface area contributed by atoms with E-state index in [1.807, 2.05) is 6.92 Å². The van der Waals surface area contributed by atoms with E-state index in [0.29, 0.717) is 18.9 Å². The van der Waals surface area contributed by atoms with Crippen molar-refractivity contribution in [2.45, 2.75) is 45.6 Å². The van der Waals surface area contributed by atoms with Gasteiger partial charge in [-0.05, 0) is 37.7 Å². The third kappa shape index (κ3) is 9.74. The first-order valence-electron chi connectivity index (χ1n) is 5.93. The van der Waals surface area contributed by atoms with Crippen LogP contribution in [0.1, 0.15) is 40.0 Å². The maximum absolute atomic E-state index is 11.7. The molecule has 0 aliphatic rings. The Bertz CT molecular complexity index is 215. The summed E-state index contributed by atoms with van der Waals surface area (Å²) in [5, 5.41) is 3.06. The molecule has 0 aromatic carbocycles. The van der Waals surface area contributed by atoms with Crippen LogP contribution in [0.4, 0.5) is 0 Å². The van der Waals surface area contributed by atoms with E-state index >= 15 is 0 Å². The molecule has 0 saturated carbocycles. The number of nitrogens with one attached hydrogen (secondary N) is 1. The van der Waals surface area contributed by atoms with Crippen LogP contribution in [0.2, 0.25) is 0 Å². The van der Waals surface area contributed by atoms with Crippen molar-refractivity contribution in [1.29, 1.82) is 0 Å². The van der Waals surface area contributed by atoms with Crippen LogP contribution in [0.25, 0.3) is 0 Å². The molecule has 0 saturated heterocycles. The van der Waals surface area contributed by atoms with Crippen molar-refractivity contribution in [1.82, 2.24) is 5.32 Å². The quantitative estimate of drug-likeness (QED) is 0.673. The van der Waals surface area contributed by atoms with Crippen LogP contribution in [0, 0.1) is 5.92 Å². The number of carbonyl (C=O) groups excluding carboxylic acids is 1. The third-order valence-corrected chi connectivity index (χ3v) is 3.20. The summed E-state index contributed by atoms with van der Waals surface area (Å²) >= 11 is 1.77. The highest BCUT2D eigenvalue weighted by Gasteiger charge is 2.25. The Morgan fingerprint density at radius 2 is 2.06 bits per heavy atom. The van der Waals surface area contributed by atoms with E-state index in [2.05, 4.69) is 25.4 Å². The van der Waals surface area contributed by atoms with Crippen molar-refractivity contribution in [3.8, 4) is 0 Å². The zero-order valence-corrected chi connectivity index (χ0v) is 13.0. The lowest BCUT2D eigenvalue weighted by Gasteiger charge is -2.31. The summed E-state index contributed by atoms with van der Waals surface area (Å²) in [6.45, 7) is 6.82. The van der Waals surface area contributed by atoms with Gasteiger partial charge in [0.2, 0.25) is 5.91 Å². The molecule has 0 radical (unpaired) electrons. The lowest BCUT2D eigenvalue weighted by molar-refractivity contribution is -0.122. The zero-order chi connectivity index (χ0) is 12.6. The van der Waals surface area contributed by atoms with Crippen molar-refractivity contribution >= 4 is 30.1 Å². The average Bonchev–Trinajstić information content (AvgIpc) is 2.16. The summed E-state index contributed by atoms with van der Waals surface area (Å²) in [7, 11) is 0. The Morgan fingerprint density at radius 3 is 2.47 bits per heavy atom. The number of amides is 1. The van der Waals surface area contributed by atoms with Crippen LogP contribution < -0.4 is 11.1 Å². The first kappa shape index (κ1) is 19.4. The molecule has 5 heteroatoms. The van der Waals surface area contributed by atoms with Gasteiger partial charge in [-0.1, -0.05) is 13.8 Å². The minimum Gasteiger partial charge on any atom is -0.350 e. The van der Waals surface area contributed by atoms with Crippen LogP contribution in [0.15, 0.2) is 0 Å². The number of carbonyl (C=O) groups is 1. The second kappa shape index (κ2) is 10.0. The van der Waals surface area contributed by atoms with Gasteiger partial charge in [-0.3, -0.25) is 4.79 Å². The van der Waals surface area contributed by atoms with Gasteiger partial charge < -0.3 is 11.1 Å². The highest BCUT2D eigenvalue weighted by Crippen LogP contribution is 2.15. The molecule has 0 fully saturated rings. The number of thioether (sulfide) groups is 1. The topological polar surface area (TPSA) is 55.1 Å². The van der Waals surface area contributed by atoms with Gasteiger partial charge in [-0.2, -0.15) is 11.8 Å². The molecule has 0 rings (SSSR count). The lowest BCUT2D eigenvalue weighted by Crippen LogP contribution is -2.52. The molecule has 3 N–H and O–H groups in total. The van der Waals surface area contributed by atoms with Gasteiger partial charge in [0.25, 0.3) is 0 Å². The number of hydrogen-bond acceptors (Lipinski definition) is 3. The summed E-state index contributed by atoms with van der Waals surface area (Å²) in [6, 6.07) is 0. The molecule has 1 atom stereocenters. The van der Waals surface area contributed by atoms with Crippen LogP contribution in [0.5, 0.6) is 0 Å². The van der Waals surface area contributed by atoms with E-state index in [0.717, 1.165) is 18.6 Å². The average molecular weight is 283 g/mol. The first-order valence-corrected chi connectivity index (χ1v) is 7.33. The SMILES string of the molecule is CSCCCC(=O)NC(C)(CN)CC(C)C.Cl. The summed E-state index contributed by atoms with van der Waals surface area (Å²) in [6.07, 6.45) is 4.53. The summed E-state index contributed by atoms with van der Waals surface area (Å²) in [5.74, 6) is 1.71. The maximum Gasteiger partial charge on any atom is 0.220 e. The largest absolute Gasteiger partial charge is 0.350 e. The van der Waals surface area contributed by atoms with E-state index in [1.165, 1.54) is 0 Å². The van der Waals surface area contributed by atoms with Crippen molar-refractivity contribution < 1.29 is 4.79 Å². The second-order valence-electron chi connectivity index (χ2n) is 5.01. The number of rotatable bonds is 8. The van der Waals surface area contributed by atoms with Crippen LogP contribution in [0.3, 0.4) is 0 Å². The molecule has 1 unspecified atom stereocenters. The second-order valence-corrected chi connectivity index (χ2v) is 5.99. The van der Waals surface area contributed by atoms with Crippen molar-refractivity contribution in [3.63, 3.8) is 0 Å². The molecule has 3 nitrogen and oxygen atoms in total. The van der Waals surface area contributed by atoms with Gasteiger partial charge in [0, 0.05) is 18.5 Å². The summed E-state index contributed by atoms with van der Waals surface area (Å²) in [5.41, 5.74) is 5.49. The van der Waals surface area contributed by atoms with Gasteiger partial charge >= 0.3 is 0 Å². The number of nitrogens with two attached hydrogens (primary N) is 1. The highest BCUT2D eigenvalue weighted by atomic mass is 35.5. The van der Waals surface area contributed by atoms with Gasteiger partial charge in [-0.25, -0.2) is 0 Å². The van der Waals surface area contributed by atoms with E-state index in [1.54, 1.807) is 11.8 Å². The van der Waals surface area contributed by atoms with E-state index < -0.39 is 0 Å². The standard InChI is InChI=1S/C12H26N2OS.ClH/c1-10(2)8-12(3,9-13)14-11(15)6-5-7-16-4;/h10H,5-9,13H2,1-4H3,(H,14,15);1H. The summed E-state index contributed by atoms with van der Waals surface area (Å²) < 4.78 is 0. The third-order valence-electron chi connectivity index (χ3n) is 2.50. The Hall–Kier alpha value is 0.0700. The highest BCUT2D eigenvalue weighted by molar-refractivity contribution is 7.98. The van der Waals surface area contributed by atoms with Gasteiger partial charge in [0.15, 0.2) is 0 Å². The van der Waals surface area contributed by atoms with E-state index in [9.17, 15) is 4.79 Å². The molecule has 104 valence electrons. The van der Waals surface area contributed by atoms with E-state index in [4.69, 9.17) is 5.73 Å². The minimum atomic E-state index is -0.245. The molecular formula is C12H27ClN2OS. The molecule has 1 amide bonds. The molecule has 0 aliphatic carbocycles. The van der Waals surface area contributed by atoms with Crippen molar-refractivity contribution in [2.75, 3.05) is 18.6 Å². The monoisotopic (exact) mass is 282 g/mol.